The van der Waals surface area contributed by atoms with Gasteiger partial charge in [-0.15, -0.1) is 0 Å². The predicted octanol–water partition coefficient (Wildman–Crippen LogP) is 0.814. The Morgan fingerprint density at radius 3 is 2.60 bits per heavy atom. The molecular formula is C11H11ClN2O6. The highest BCUT2D eigenvalue weighted by Crippen LogP contribution is 2.23. The second-order valence-electron chi connectivity index (χ2n) is 3.80. The molecule has 0 fully saturated rings. The number of hydrogen-bond donors (Lipinski definition) is 3. The fraction of sp³-hybridized carbons (Fsp3) is 0.273. The van der Waals surface area contributed by atoms with Crippen molar-refractivity contribution < 1.29 is 24.7 Å². The SMILES string of the molecule is O=C(N[C@H](CCO)C(=O)O)c1ccc(Cl)cc1[N+](=O)[O-]. The lowest BCUT2D eigenvalue weighted by Crippen LogP contribution is -2.41. The average molecular weight is 303 g/mol. The Morgan fingerprint density at radius 2 is 2.10 bits per heavy atom. The first-order valence-electron chi connectivity index (χ1n) is 5.45. The monoisotopic (exact) mass is 302 g/mol. The molecule has 8 nitrogen and oxygen atoms in total. The van der Waals surface area contributed by atoms with Gasteiger partial charge in [0.05, 0.1) is 4.92 Å². The molecule has 0 saturated carbocycles. The van der Waals surface area contributed by atoms with Crippen LogP contribution in [0.3, 0.4) is 0 Å². The summed E-state index contributed by atoms with van der Waals surface area (Å²) in [6, 6.07) is 2.08. The fourth-order valence-electron chi connectivity index (χ4n) is 1.47. The first-order chi connectivity index (χ1) is 9.36. The molecule has 1 aromatic carbocycles. The van der Waals surface area contributed by atoms with Crippen LogP contribution in [0.25, 0.3) is 0 Å². The smallest absolute Gasteiger partial charge is 0.326 e. The number of carbonyl (C=O) groups excluding carboxylic acids is 1. The molecule has 0 spiro atoms. The van der Waals surface area contributed by atoms with Crippen LogP contribution < -0.4 is 5.32 Å². The van der Waals surface area contributed by atoms with E-state index in [4.69, 9.17) is 21.8 Å². The Kier molecular flexibility index (Phi) is 5.42. The third kappa shape index (κ3) is 3.90. The molecule has 9 heteroatoms. The number of aliphatic hydroxyl groups is 1. The number of nitrogens with one attached hydrogen (secondary N) is 1. The van der Waals surface area contributed by atoms with E-state index in [1.54, 1.807) is 0 Å². The van der Waals surface area contributed by atoms with E-state index in [-0.39, 0.29) is 17.0 Å². The molecule has 0 heterocycles. The summed E-state index contributed by atoms with van der Waals surface area (Å²) < 4.78 is 0. The first-order valence-corrected chi connectivity index (χ1v) is 5.83. The molecule has 1 aromatic rings. The molecule has 20 heavy (non-hydrogen) atoms. The topological polar surface area (TPSA) is 130 Å². The number of rotatable bonds is 6. The van der Waals surface area contributed by atoms with Gasteiger partial charge in [0.25, 0.3) is 11.6 Å². The Bertz CT molecular complexity index is 548. The van der Waals surface area contributed by atoms with Crippen LogP contribution in [-0.2, 0) is 4.79 Å². The number of amides is 1. The molecule has 0 aromatic heterocycles. The van der Waals surface area contributed by atoms with Crippen LogP contribution in [-0.4, -0.2) is 39.7 Å². The lowest BCUT2D eigenvalue weighted by atomic mass is 10.1. The normalized spacial score (nSPS) is 11.7. The summed E-state index contributed by atoms with van der Waals surface area (Å²) in [7, 11) is 0. The summed E-state index contributed by atoms with van der Waals surface area (Å²) in [4.78, 5) is 32.8. The summed E-state index contributed by atoms with van der Waals surface area (Å²) in [5.41, 5.74) is -0.827. The molecule has 0 unspecified atom stereocenters. The maximum absolute atomic E-state index is 11.9. The number of nitro groups is 1. The summed E-state index contributed by atoms with van der Waals surface area (Å²) in [6.45, 7) is -0.444. The second kappa shape index (κ2) is 6.83. The molecule has 0 aliphatic rings. The molecule has 0 saturated heterocycles. The minimum atomic E-state index is -1.34. The van der Waals surface area contributed by atoms with E-state index < -0.39 is 35.1 Å². The molecule has 0 aliphatic carbocycles. The Morgan fingerprint density at radius 1 is 1.45 bits per heavy atom. The molecule has 0 aliphatic heterocycles. The number of carboxylic acids is 1. The van der Waals surface area contributed by atoms with Crippen molar-refractivity contribution >= 4 is 29.2 Å². The Labute approximate surface area is 118 Å². The fourth-order valence-corrected chi connectivity index (χ4v) is 1.64. The molecular weight excluding hydrogens is 292 g/mol. The summed E-state index contributed by atoms with van der Waals surface area (Å²) in [5.74, 6) is -2.27. The van der Waals surface area contributed by atoms with Crippen LogP contribution in [0.2, 0.25) is 5.02 Å². The van der Waals surface area contributed by atoms with Crippen molar-refractivity contribution in [1.82, 2.24) is 5.32 Å². The molecule has 1 rings (SSSR count). The molecule has 0 bridgehead atoms. The lowest BCUT2D eigenvalue weighted by molar-refractivity contribution is -0.385. The van der Waals surface area contributed by atoms with Crippen LogP contribution in [0.1, 0.15) is 16.8 Å². The van der Waals surface area contributed by atoms with Crippen molar-refractivity contribution in [3.8, 4) is 0 Å². The van der Waals surface area contributed by atoms with E-state index >= 15 is 0 Å². The zero-order valence-corrected chi connectivity index (χ0v) is 10.8. The van der Waals surface area contributed by atoms with Crippen molar-refractivity contribution in [2.75, 3.05) is 6.61 Å². The summed E-state index contributed by atoms with van der Waals surface area (Å²) in [5, 5.41) is 30.6. The number of nitro benzene ring substituents is 1. The van der Waals surface area contributed by atoms with Gasteiger partial charge in [0.2, 0.25) is 0 Å². The van der Waals surface area contributed by atoms with Crippen molar-refractivity contribution in [3.63, 3.8) is 0 Å². The van der Waals surface area contributed by atoms with Crippen molar-refractivity contribution in [2.45, 2.75) is 12.5 Å². The maximum Gasteiger partial charge on any atom is 0.326 e. The van der Waals surface area contributed by atoms with Gasteiger partial charge in [0.1, 0.15) is 11.6 Å². The van der Waals surface area contributed by atoms with Crippen LogP contribution in [0.5, 0.6) is 0 Å². The molecule has 1 atom stereocenters. The number of aliphatic hydroxyl groups excluding tert-OH is 1. The molecule has 3 N–H and O–H groups in total. The van der Waals surface area contributed by atoms with E-state index in [0.717, 1.165) is 12.1 Å². The minimum Gasteiger partial charge on any atom is -0.480 e. The van der Waals surface area contributed by atoms with E-state index in [1.165, 1.54) is 6.07 Å². The van der Waals surface area contributed by atoms with Crippen LogP contribution in [0, 0.1) is 10.1 Å². The van der Waals surface area contributed by atoms with E-state index in [0.29, 0.717) is 0 Å². The molecule has 1 amide bonds. The largest absolute Gasteiger partial charge is 0.480 e. The van der Waals surface area contributed by atoms with E-state index in [9.17, 15) is 19.7 Å². The van der Waals surface area contributed by atoms with E-state index in [2.05, 4.69) is 5.32 Å². The second-order valence-corrected chi connectivity index (χ2v) is 4.23. The third-order valence-corrected chi connectivity index (χ3v) is 2.66. The van der Waals surface area contributed by atoms with Gasteiger partial charge >= 0.3 is 5.97 Å². The first kappa shape index (κ1) is 15.9. The number of aliphatic carboxylic acids is 1. The molecule has 0 radical (unpaired) electrons. The van der Waals surface area contributed by atoms with Crippen LogP contribution >= 0.6 is 11.6 Å². The van der Waals surface area contributed by atoms with Crippen molar-refractivity contribution in [2.24, 2.45) is 0 Å². The van der Waals surface area contributed by atoms with Gasteiger partial charge in [-0.25, -0.2) is 4.79 Å². The van der Waals surface area contributed by atoms with Gasteiger partial charge < -0.3 is 15.5 Å². The van der Waals surface area contributed by atoms with Gasteiger partial charge in [-0.1, -0.05) is 11.6 Å². The third-order valence-electron chi connectivity index (χ3n) is 2.42. The van der Waals surface area contributed by atoms with Crippen LogP contribution in [0.4, 0.5) is 5.69 Å². The maximum atomic E-state index is 11.9. The number of hydrogen-bond acceptors (Lipinski definition) is 5. The highest BCUT2D eigenvalue weighted by atomic mass is 35.5. The highest BCUT2D eigenvalue weighted by Gasteiger charge is 2.25. The van der Waals surface area contributed by atoms with Crippen molar-refractivity contribution in [1.29, 1.82) is 0 Å². The number of carboxylic acid groups (broad SMARTS) is 1. The standard InChI is InChI=1S/C11H11ClN2O6/c12-6-1-2-7(9(5-6)14(19)20)10(16)13-8(3-4-15)11(17)18/h1-2,5,8,15H,3-4H2,(H,13,16)(H,17,18)/t8-/m1/s1. The quantitative estimate of drug-likeness (QED) is 0.526. The van der Waals surface area contributed by atoms with Gasteiger partial charge in [0.15, 0.2) is 0 Å². The number of carbonyl (C=O) groups is 2. The molecule has 108 valence electrons. The minimum absolute atomic E-state index is 0.0818. The van der Waals surface area contributed by atoms with Crippen LogP contribution in [0.15, 0.2) is 18.2 Å². The highest BCUT2D eigenvalue weighted by molar-refractivity contribution is 6.31. The predicted molar refractivity (Wildman–Crippen MR) is 68.7 cm³/mol. The van der Waals surface area contributed by atoms with Gasteiger partial charge in [-0.3, -0.25) is 14.9 Å². The summed E-state index contributed by atoms with van der Waals surface area (Å²) >= 11 is 5.61. The number of nitrogens with zero attached hydrogens (tertiary/aromatic N) is 1. The Balaban J connectivity index is 3.03. The van der Waals surface area contributed by atoms with Crippen molar-refractivity contribution in [3.05, 3.63) is 38.9 Å². The zero-order chi connectivity index (χ0) is 15.3. The summed E-state index contributed by atoms with van der Waals surface area (Å²) in [6.07, 6.45) is -0.206. The average Bonchev–Trinajstić information content (AvgIpc) is 2.37. The Hall–Kier alpha value is -2.19. The zero-order valence-electron chi connectivity index (χ0n) is 10.1. The van der Waals surface area contributed by atoms with Gasteiger partial charge in [0, 0.05) is 24.1 Å². The van der Waals surface area contributed by atoms with Gasteiger partial charge in [-0.2, -0.15) is 0 Å². The number of benzene rings is 1. The van der Waals surface area contributed by atoms with E-state index in [1.807, 2.05) is 0 Å². The van der Waals surface area contributed by atoms with Gasteiger partial charge in [-0.05, 0) is 12.1 Å². The lowest BCUT2D eigenvalue weighted by Gasteiger charge is -2.13. The number of halogens is 1.